The maximum atomic E-state index is 12.3. The largest absolute Gasteiger partial charge is 0.396 e. The third kappa shape index (κ3) is 3.16. The number of aliphatic hydroxyl groups is 1. The molecule has 2 N–H and O–H groups in total. The van der Waals surface area contributed by atoms with Gasteiger partial charge >= 0.3 is 0 Å². The van der Waals surface area contributed by atoms with E-state index in [1.165, 1.54) is 6.20 Å². The van der Waals surface area contributed by atoms with Gasteiger partial charge in [-0.15, -0.1) is 0 Å². The first kappa shape index (κ1) is 14.5. The summed E-state index contributed by atoms with van der Waals surface area (Å²) in [5, 5.41) is 9.37. The van der Waals surface area contributed by atoms with Crippen LogP contribution in [-0.4, -0.2) is 35.7 Å². The van der Waals surface area contributed by atoms with Gasteiger partial charge in [0.1, 0.15) is 5.82 Å². The van der Waals surface area contributed by atoms with Gasteiger partial charge in [0.2, 0.25) is 0 Å². The molecule has 2 atom stereocenters. The lowest BCUT2D eigenvalue weighted by atomic mass is 9.86. The van der Waals surface area contributed by atoms with Crippen molar-refractivity contribution in [2.45, 2.75) is 43.7 Å². The molecule has 19 heavy (non-hydrogen) atoms. The van der Waals surface area contributed by atoms with Crippen LogP contribution in [0, 0.1) is 12.8 Å². The Balaban J connectivity index is 2.16. The predicted octanol–water partition coefficient (Wildman–Crippen LogP) is 0.558. The zero-order valence-electron chi connectivity index (χ0n) is 11.3. The highest BCUT2D eigenvalue weighted by Crippen LogP contribution is 2.25. The van der Waals surface area contributed by atoms with Gasteiger partial charge < -0.3 is 9.67 Å². The number of rotatable bonds is 4. The number of aliphatic hydroxyl groups excluding tert-OH is 1. The zero-order valence-corrected chi connectivity index (χ0v) is 12.2. The lowest BCUT2D eigenvalue weighted by molar-refractivity contribution is 0.164. The second kappa shape index (κ2) is 5.60. The molecule has 2 rings (SSSR count). The summed E-state index contributed by atoms with van der Waals surface area (Å²) in [6, 6.07) is -0.189. The maximum Gasteiger partial charge on any atom is 0.259 e. The number of nitrogens with zero attached hydrogens (tertiary/aromatic N) is 2. The Morgan fingerprint density at radius 3 is 2.74 bits per heavy atom. The Bertz CT molecular complexity index is 519. The summed E-state index contributed by atoms with van der Waals surface area (Å²) in [7, 11) is -1.84. The number of imidazole rings is 1. The summed E-state index contributed by atoms with van der Waals surface area (Å²) in [5.74, 6) is 0.663. The van der Waals surface area contributed by atoms with Crippen LogP contribution in [0.3, 0.4) is 0 Å². The van der Waals surface area contributed by atoms with E-state index >= 15 is 0 Å². The van der Waals surface area contributed by atoms with Crippen LogP contribution in [0.2, 0.25) is 0 Å². The van der Waals surface area contributed by atoms with Crippen LogP contribution in [-0.2, 0) is 17.1 Å². The van der Waals surface area contributed by atoms with E-state index in [9.17, 15) is 13.5 Å². The number of sulfonamides is 1. The number of aromatic nitrogens is 2. The molecule has 0 amide bonds. The highest BCUT2D eigenvalue weighted by molar-refractivity contribution is 7.89. The molecule has 7 heteroatoms. The summed E-state index contributed by atoms with van der Waals surface area (Å²) in [5.41, 5.74) is 0. The van der Waals surface area contributed by atoms with Gasteiger partial charge in [-0.2, -0.15) is 0 Å². The van der Waals surface area contributed by atoms with Crippen LogP contribution >= 0.6 is 0 Å². The van der Waals surface area contributed by atoms with Crippen LogP contribution < -0.4 is 4.72 Å². The highest BCUT2D eigenvalue weighted by Gasteiger charge is 2.30. The summed E-state index contributed by atoms with van der Waals surface area (Å²) in [6.45, 7) is 1.78. The molecule has 0 aromatic carbocycles. The second-order valence-electron chi connectivity index (χ2n) is 5.19. The van der Waals surface area contributed by atoms with Gasteiger partial charge in [-0.3, -0.25) is 0 Å². The van der Waals surface area contributed by atoms with E-state index in [1.807, 2.05) is 0 Å². The van der Waals surface area contributed by atoms with Crippen LogP contribution in [0.25, 0.3) is 0 Å². The van der Waals surface area contributed by atoms with E-state index in [-0.39, 0.29) is 23.6 Å². The molecular formula is C12H21N3O3S. The zero-order chi connectivity index (χ0) is 14.0. The first-order valence-electron chi connectivity index (χ1n) is 6.57. The van der Waals surface area contributed by atoms with Crippen LogP contribution in [0.5, 0.6) is 0 Å². The van der Waals surface area contributed by atoms with Gasteiger partial charge in [0.25, 0.3) is 10.0 Å². The van der Waals surface area contributed by atoms with Crippen molar-refractivity contribution in [1.82, 2.24) is 14.3 Å². The van der Waals surface area contributed by atoms with Gasteiger partial charge in [-0.1, -0.05) is 12.8 Å². The molecule has 1 aromatic heterocycles. The predicted molar refractivity (Wildman–Crippen MR) is 71.1 cm³/mol. The van der Waals surface area contributed by atoms with Gasteiger partial charge in [0.05, 0.1) is 0 Å². The monoisotopic (exact) mass is 287 g/mol. The van der Waals surface area contributed by atoms with Crippen molar-refractivity contribution in [2.24, 2.45) is 13.0 Å². The molecule has 1 aliphatic carbocycles. The van der Waals surface area contributed by atoms with Gasteiger partial charge in [-0.05, 0) is 25.7 Å². The normalized spacial score (nSPS) is 24.6. The van der Waals surface area contributed by atoms with Crippen molar-refractivity contribution in [2.75, 3.05) is 6.61 Å². The lowest BCUT2D eigenvalue weighted by Gasteiger charge is -2.30. The fraction of sp³-hybridized carbons (Fsp3) is 0.750. The SMILES string of the molecule is Cc1nc(S(=O)(=O)NC2CCCCC2CO)cn1C. The fourth-order valence-electron chi connectivity index (χ4n) is 2.50. The van der Waals surface area contributed by atoms with Crippen molar-refractivity contribution in [3.8, 4) is 0 Å². The molecule has 0 aliphatic heterocycles. The highest BCUT2D eigenvalue weighted by atomic mass is 32.2. The first-order chi connectivity index (χ1) is 8.94. The Morgan fingerprint density at radius 1 is 1.47 bits per heavy atom. The fourth-order valence-corrected chi connectivity index (χ4v) is 3.88. The molecule has 6 nitrogen and oxygen atoms in total. The van der Waals surface area contributed by atoms with E-state index in [2.05, 4.69) is 9.71 Å². The molecule has 1 aromatic rings. The smallest absolute Gasteiger partial charge is 0.259 e. The minimum absolute atomic E-state index is 0.00772. The molecule has 1 heterocycles. The third-order valence-corrected chi connectivity index (χ3v) is 5.17. The Morgan fingerprint density at radius 2 is 2.16 bits per heavy atom. The van der Waals surface area contributed by atoms with Crippen LogP contribution in [0.1, 0.15) is 31.5 Å². The molecule has 0 radical (unpaired) electrons. The Hall–Kier alpha value is -0.920. The Labute approximate surface area is 113 Å². The maximum absolute atomic E-state index is 12.3. The Kier molecular flexibility index (Phi) is 4.27. The van der Waals surface area contributed by atoms with E-state index < -0.39 is 10.0 Å². The van der Waals surface area contributed by atoms with Gasteiger partial charge in [-0.25, -0.2) is 18.1 Å². The van der Waals surface area contributed by atoms with E-state index in [1.54, 1.807) is 18.5 Å². The molecule has 1 saturated carbocycles. The minimum atomic E-state index is -3.60. The standard InChI is InChI=1S/C12H21N3O3S/c1-9-13-12(7-15(9)2)19(17,18)14-11-6-4-3-5-10(11)8-16/h7,10-11,14,16H,3-6,8H2,1-2H3. The molecule has 1 fully saturated rings. The van der Waals surface area contributed by atoms with E-state index in [4.69, 9.17) is 0 Å². The summed E-state index contributed by atoms with van der Waals surface area (Å²) in [4.78, 5) is 4.05. The number of aryl methyl sites for hydroxylation is 2. The van der Waals surface area contributed by atoms with Crippen molar-refractivity contribution >= 4 is 10.0 Å². The summed E-state index contributed by atoms with van der Waals surface area (Å²) < 4.78 is 28.9. The molecular weight excluding hydrogens is 266 g/mol. The first-order valence-corrected chi connectivity index (χ1v) is 8.05. The number of nitrogens with one attached hydrogen (secondary N) is 1. The third-order valence-electron chi connectivity index (χ3n) is 3.81. The number of hydrogen-bond donors (Lipinski definition) is 2. The molecule has 2 unspecified atom stereocenters. The molecule has 0 bridgehead atoms. The lowest BCUT2D eigenvalue weighted by Crippen LogP contribution is -2.43. The molecule has 0 saturated heterocycles. The van der Waals surface area contributed by atoms with Crippen molar-refractivity contribution in [1.29, 1.82) is 0 Å². The minimum Gasteiger partial charge on any atom is -0.396 e. The molecule has 0 spiro atoms. The quantitative estimate of drug-likeness (QED) is 0.847. The summed E-state index contributed by atoms with van der Waals surface area (Å²) >= 11 is 0. The average Bonchev–Trinajstić information content (AvgIpc) is 2.71. The van der Waals surface area contributed by atoms with Crippen LogP contribution in [0.4, 0.5) is 0 Å². The van der Waals surface area contributed by atoms with Gasteiger partial charge in [0, 0.05) is 25.9 Å². The molecule has 108 valence electrons. The van der Waals surface area contributed by atoms with Crippen molar-refractivity contribution < 1.29 is 13.5 Å². The number of hydrogen-bond acceptors (Lipinski definition) is 4. The second-order valence-corrected chi connectivity index (χ2v) is 6.85. The van der Waals surface area contributed by atoms with E-state index in [0.717, 1.165) is 25.7 Å². The van der Waals surface area contributed by atoms with E-state index in [0.29, 0.717) is 5.82 Å². The van der Waals surface area contributed by atoms with Crippen molar-refractivity contribution in [3.05, 3.63) is 12.0 Å². The van der Waals surface area contributed by atoms with Crippen molar-refractivity contribution in [3.63, 3.8) is 0 Å². The summed E-state index contributed by atoms with van der Waals surface area (Å²) in [6.07, 6.45) is 5.19. The van der Waals surface area contributed by atoms with Gasteiger partial charge in [0.15, 0.2) is 5.03 Å². The van der Waals surface area contributed by atoms with Crippen LogP contribution in [0.15, 0.2) is 11.2 Å². The topological polar surface area (TPSA) is 84.2 Å². The average molecular weight is 287 g/mol. The molecule has 1 aliphatic rings.